The molecule has 1 heterocycles. The smallest absolute Gasteiger partial charge is 0.149 e. The number of nitrogens with zero attached hydrogens (tertiary/aromatic N) is 2. The van der Waals surface area contributed by atoms with Gasteiger partial charge in [-0.05, 0) is 37.3 Å². The Hall–Kier alpha value is -2.26. The maximum Gasteiger partial charge on any atom is 0.149 e. The molecule has 120 valence electrons. The lowest BCUT2D eigenvalue weighted by atomic mass is 9.87. The summed E-state index contributed by atoms with van der Waals surface area (Å²) in [7, 11) is 0. The first-order chi connectivity index (χ1) is 11.1. The van der Waals surface area contributed by atoms with Crippen LogP contribution >= 0.6 is 0 Å². The molecule has 4 nitrogen and oxygen atoms in total. The third-order valence-electron chi connectivity index (χ3n) is 4.36. The van der Waals surface area contributed by atoms with Crippen molar-refractivity contribution < 1.29 is 13.9 Å². The van der Waals surface area contributed by atoms with Gasteiger partial charge in [-0.1, -0.05) is 6.42 Å². The van der Waals surface area contributed by atoms with Crippen LogP contribution in [0.1, 0.15) is 31.2 Å². The lowest BCUT2D eigenvalue weighted by Crippen LogP contribution is -2.25. The highest BCUT2D eigenvalue weighted by molar-refractivity contribution is 5.94. The Balaban J connectivity index is 1.95. The Morgan fingerprint density at radius 3 is 2.83 bits per heavy atom. The number of rotatable bonds is 3. The lowest BCUT2D eigenvalue weighted by molar-refractivity contribution is 0.105. The summed E-state index contributed by atoms with van der Waals surface area (Å²) in [4.78, 5) is 3.86. The zero-order chi connectivity index (χ0) is 16.4. The van der Waals surface area contributed by atoms with Crippen molar-refractivity contribution in [3.63, 3.8) is 0 Å². The Morgan fingerprint density at radius 1 is 1.30 bits per heavy atom. The first-order valence-electron chi connectivity index (χ1n) is 7.69. The van der Waals surface area contributed by atoms with Crippen LogP contribution in [0.3, 0.4) is 0 Å². The van der Waals surface area contributed by atoms with Gasteiger partial charge in [0.15, 0.2) is 0 Å². The van der Waals surface area contributed by atoms with Crippen LogP contribution in [-0.4, -0.2) is 22.7 Å². The Bertz CT molecular complexity index is 773. The molecule has 3 rings (SSSR count). The number of nitriles is 1. The van der Waals surface area contributed by atoms with Gasteiger partial charge in [0, 0.05) is 12.7 Å². The van der Waals surface area contributed by atoms with Crippen molar-refractivity contribution >= 4 is 16.6 Å². The van der Waals surface area contributed by atoms with Crippen LogP contribution in [-0.2, 0) is 0 Å². The van der Waals surface area contributed by atoms with E-state index >= 15 is 0 Å². The molecule has 0 saturated heterocycles. The van der Waals surface area contributed by atoms with E-state index in [9.17, 15) is 19.1 Å². The molecule has 1 aromatic carbocycles. The number of hydrogen-bond acceptors (Lipinski definition) is 4. The fraction of sp³-hybridized carbons (Fsp3) is 0.412. The zero-order valence-electron chi connectivity index (χ0n) is 12.5. The number of aliphatic hydroxyl groups is 1. The van der Waals surface area contributed by atoms with Crippen molar-refractivity contribution in [2.24, 2.45) is 5.92 Å². The van der Waals surface area contributed by atoms with Crippen molar-refractivity contribution in [2.75, 3.05) is 11.9 Å². The Labute approximate surface area is 132 Å². The molecule has 2 atom stereocenters. The third kappa shape index (κ3) is 3.10. The number of halogens is 2. The van der Waals surface area contributed by atoms with Crippen LogP contribution < -0.4 is 5.32 Å². The summed E-state index contributed by atoms with van der Waals surface area (Å²) < 4.78 is 28.0. The zero-order valence-corrected chi connectivity index (χ0v) is 12.5. The second kappa shape index (κ2) is 6.47. The summed E-state index contributed by atoms with van der Waals surface area (Å²) in [5.74, 6) is -0.996. The SMILES string of the molecule is N#Cc1cnc2c(F)ccc(F)c2c1NCC1CCCC(O)C1. The highest BCUT2D eigenvalue weighted by atomic mass is 19.1. The van der Waals surface area contributed by atoms with Crippen LogP contribution in [0.25, 0.3) is 10.9 Å². The second-order valence-electron chi connectivity index (χ2n) is 5.98. The number of aliphatic hydroxyl groups excluding tert-OH is 1. The minimum atomic E-state index is -0.623. The summed E-state index contributed by atoms with van der Waals surface area (Å²) in [5, 5.41) is 22.0. The predicted octanol–water partition coefficient (Wildman–Crippen LogP) is 3.35. The monoisotopic (exact) mass is 317 g/mol. The number of anilines is 1. The minimum Gasteiger partial charge on any atom is -0.393 e. The van der Waals surface area contributed by atoms with Gasteiger partial charge in [-0.15, -0.1) is 0 Å². The number of benzene rings is 1. The van der Waals surface area contributed by atoms with Crippen LogP contribution in [0, 0.1) is 28.9 Å². The first-order valence-corrected chi connectivity index (χ1v) is 7.69. The van der Waals surface area contributed by atoms with E-state index < -0.39 is 11.6 Å². The van der Waals surface area contributed by atoms with E-state index in [4.69, 9.17) is 0 Å². The van der Waals surface area contributed by atoms with Gasteiger partial charge >= 0.3 is 0 Å². The average Bonchev–Trinajstić information content (AvgIpc) is 2.55. The number of hydrogen-bond donors (Lipinski definition) is 2. The van der Waals surface area contributed by atoms with E-state index in [1.165, 1.54) is 6.20 Å². The normalized spacial score (nSPS) is 21.1. The van der Waals surface area contributed by atoms with E-state index in [0.29, 0.717) is 13.0 Å². The molecular formula is C17H17F2N3O. The molecule has 1 aromatic heterocycles. The molecule has 0 aliphatic heterocycles. The van der Waals surface area contributed by atoms with Crippen LogP contribution in [0.2, 0.25) is 0 Å². The number of aromatic nitrogens is 1. The Kier molecular flexibility index (Phi) is 4.39. The van der Waals surface area contributed by atoms with Gasteiger partial charge < -0.3 is 10.4 Å². The maximum atomic E-state index is 14.2. The molecule has 0 spiro atoms. The van der Waals surface area contributed by atoms with Crippen LogP contribution in [0.5, 0.6) is 0 Å². The van der Waals surface area contributed by atoms with Gasteiger partial charge in [-0.25, -0.2) is 8.78 Å². The van der Waals surface area contributed by atoms with E-state index in [1.54, 1.807) is 0 Å². The quantitative estimate of drug-likeness (QED) is 0.911. The van der Waals surface area contributed by atoms with Crippen molar-refractivity contribution in [1.29, 1.82) is 5.26 Å². The van der Waals surface area contributed by atoms with Crippen molar-refractivity contribution in [2.45, 2.75) is 31.8 Å². The molecule has 0 radical (unpaired) electrons. The van der Waals surface area contributed by atoms with Crippen molar-refractivity contribution in [3.8, 4) is 6.07 Å². The predicted molar refractivity (Wildman–Crippen MR) is 82.8 cm³/mol. The number of fused-ring (bicyclic) bond motifs is 1. The number of nitrogens with one attached hydrogen (secondary N) is 1. The molecule has 1 aliphatic rings. The van der Waals surface area contributed by atoms with Gasteiger partial charge in [-0.2, -0.15) is 5.26 Å². The van der Waals surface area contributed by atoms with E-state index in [-0.39, 0.29) is 34.2 Å². The minimum absolute atomic E-state index is 0.000378. The molecule has 0 bridgehead atoms. The molecule has 1 fully saturated rings. The molecule has 2 unspecified atom stereocenters. The molecule has 2 aromatic rings. The summed E-state index contributed by atoms with van der Waals surface area (Å²) in [6, 6.07) is 4.03. The molecule has 1 saturated carbocycles. The van der Waals surface area contributed by atoms with Gasteiger partial charge in [0.1, 0.15) is 23.2 Å². The van der Waals surface area contributed by atoms with Crippen LogP contribution in [0.4, 0.5) is 14.5 Å². The van der Waals surface area contributed by atoms with Crippen LogP contribution in [0.15, 0.2) is 18.3 Å². The first kappa shape index (κ1) is 15.6. The van der Waals surface area contributed by atoms with Gasteiger partial charge in [0.25, 0.3) is 0 Å². The lowest BCUT2D eigenvalue weighted by Gasteiger charge is -2.26. The third-order valence-corrected chi connectivity index (χ3v) is 4.36. The Morgan fingerprint density at radius 2 is 2.09 bits per heavy atom. The van der Waals surface area contributed by atoms with Crippen molar-refractivity contribution in [3.05, 3.63) is 35.5 Å². The summed E-state index contributed by atoms with van der Waals surface area (Å²) >= 11 is 0. The topological polar surface area (TPSA) is 68.9 Å². The van der Waals surface area contributed by atoms with E-state index in [0.717, 1.165) is 31.4 Å². The molecule has 6 heteroatoms. The van der Waals surface area contributed by atoms with Gasteiger partial charge in [0.05, 0.1) is 22.7 Å². The van der Waals surface area contributed by atoms with Gasteiger partial charge in [-0.3, -0.25) is 4.98 Å². The summed E-state index contributed by atoms with van der Waals surface area (Å²) in [6.45, 7) is 0.501. The molecule has 23 heavy (non-hydrogen) atoms. The van der Waals surface area contributed by atoms with E-state index in [2.05, 4.69) is 10.3 Å². The highest BCUT2D eigenvalue weighted by Gasteiger charge is 2.21. The fourth-order valence-electron chi connectivity index (χ4n) is 3.20. The maximum absolute atomic E-state index is 14.2. The highest BCUT2D eigenvalue weighted by Crippen LogP contribution is 2.31. The molecule has 2 N–H and O–H groups in total. The second-order valence-corrected chi connectivity index (χ2v) is 5.98. The standard InChI is InChI=1S/C17H17F2N3O/c18-13-4-5-14(19)17-15(13)16(11(7-20)9-22-17)21-8-10-2-1-3-12(23)6-10/h4-5,9-10,12,23H,1-3,6,8H2,(H,21,22). The van der Waals surface area contributed by atoms with Gasteiger partial charge in [0.2, 0.25) is 0 Å². The molecule has 1 aliphatic carbocycles. The summed E-state index contributed by atoms with van der Waals surface area (Å²) in [6.07, 6.45) is 4.33. The van der Waals surface area contributed by atoms with E-state index in [1.807, 2.05) is 6.07 Å². The molecular weight excluding hydrogens is 300 g/mol. The fourth-order valence-corrected chi connectivity index (χ4v) is 3.20. The largest absolute Gasteiger partial charge is 0.393 e. The number of pyridine rings is 1. The van der Waals surface area contributed by atoms with Crippen molar-refractivity contribution in [1.82, 2.24) is 4.98 Å². The summed E-state index contributed by atoms with van der Waals surface area (Å²) in [5.41, 5.74) is 0.364. The average molecular weight is 317 g/mol. The molecule has 0 amide bonds.